The lowest BCUT2D eigenvalue weighted by Crippen LogP contribution is -2.21. The van der Waals surface area contributed by atoms with E-state index in [4.69, 9.17) is 27.9 Å². The van der Waals surface area contributed by atoms with Gasteiger partial charge in [-0.05, 0) is 37.3 Å². The van der Waals surface area contributed by atoms with Gasteiger partial charge in [-0.1, -0.05) is 23.2 Å². The number of aromatic nitrogens is 2. The molecule has 0 atom stereocenters. The smallest absolute Gasteiger partial charge is 0.264 e. The summed E-state index contributed by atoms with van der Waals surface area (Å²) < 4.78 is 5.30. The number of nitrogens with one attached hydrogen (secondary N) is 1. The molecule has 2 aromatic rings. The largest absolute Gasteiger partial charge is 0.484 e. The molecule has 0 unspecified atom stereocenters. The van der Waals surface area contributed by atoms with Crippen LogP contribution < -0.4 is 10.1 Å². The summed E-state index contributed by atoms with van der Waals surface area (Å²) in [5.74, 6) is 0.328. The highest BCUT2D eigenvalue weighted by atomic mass is 35.5. The molecule has 1 amide bonds. The molecule has 0 saturated carbocycles. The van der Waals surface area contributed by atoms with Crippen molar-refractivity contribution in [1.82, 2.24) is 9.97 Å². The zero-order chi connectivity index (χ0) is 14.5. The molecule has 0 aliphatic heterocycles. The molecule has 0 aliphatic carbocycles. The average molecular weight is 312 g/mol. The fourth-order valence-corrected chi connectivity index (χ4v) is 1.79. The maximum Gasteiger partial charge on any atom is 0.264 e. The minimum Gasteiger partial charge on any atom is -0.484 e. The van der Waals surface area contributed by atoms with Crippen LogP contribution in [0.4, 0.5) is 5.95 Å². The van der Waals surface area contributed by atoms with E-state index in [1.807, 2.05) is 0 Å². The van der Waals surface area contributed by atoms with Crippen LogP contribution >= 0.6 is 23.2 Å². The highest BCUT2D eigenvalue weighted by Crippen LogP contribution is 2.15. The van der Waals surface area contributed by atoms with Crippen molar-refractivity contribution in [2.24, 2.45) is 0 Å². The molecule has 104 valence electrons. The Balaban J connectivity index is 1.90. The number of rotatable bonds is 4. The Morgan fingerprint density at radius 3 is 2.60 bits per heavy atom. The summed E-state index contributed by atoms with van der Waals surface area (Å²) in [4.78, 5) is 19.6. The number of amides is 1. The third-order valence-corrected chi connectivity index (χ3v) is 2.70. The number of aryl methyl sites for hydroxylation is 1. The monoisotopic (exact) mass is 311 g/mol. The predicted molar refractivity (Wildman–Crippen MR) is 77.4 cm³/mol. The van der Waals surface area contributed by atoms with E-state index in [0.29, 0.717) is 16.5 Å². The van der Waals surface area contributed by atoms with Gasteiger partial charge in [0, 0.05) is 10.7 Å². The van der Waals surface area contributed by atoms with Crippen LogP contribution in [0.5, 0.6) is 5.75 Å². The minimum atomic E-state index is -0.374. The van der Waals surface area contributed by atoms with Crippen LogP contribution in [0.15, 0.2) is 30.3 Å². The molecule has 1 aromatic heterocycles. The second kappa shape index (κ2) is 6.54. The average Bonchev–Trinajstić information content (AvgIpc) is 2.37. The third kappa shape index (κ3) is 4.36. The van der Waals surface area contributed by atoms with Crippen LogP contribution in [-0.2, 0) is 4.79 Å². The molecule has 7 heteroatoms. The van der Waals surface area contributed by atoms with Crippen LogP contribution in [0.25, 0.3) is 0 Å². The first-order chi connectivity index (χ1) is 9.52. The number of hydrogen-bond donors (Lipinski definition) is 1. The van der Waals surface area contributed by atoms with Gasteiger partial charge < -0.3 is 4.74 Å². The molecule has 1 N–H and O–H groups in total. The topological polar surface area (TPSA) is 64.1 Å². The molecule has 1 aromatic carbocycles. The number of carbonyl (C=O) groups is 1. The second-order valence-electron chi connectivity index (χ2n) is 3.95. The Hall–Kier alpha value is -1.85. The Morgan fingerprint density at radius 2 is 1.95 bits per heavy atom. The van der Waals surface area contributed by atoms with Gasteiger partial charge >= 0.3 is 0 Å². The predicted octanol–water partition coefficient (Wildman–Crippen LogP) is 3.11. The summed E-state index contributed by atoms with van der Waals surface area (Å²) >= 11 is 11.5. The molecular weight excluding hydrogens is 301 g/mol. The van der Waals surface area contributed by atoms with Gasteiger partial charge in [0.05, 0.1) is 0 Å². The van der Waals surface area contributed by atoms with Gasteiger partial charge in [-0.25, -0.2) is 9.97 Å². The third-order valence-electron chi connectivity index (χ3n) is 2.26. The first-order valence-electron chi connectivity index (χ1n) is 5.72. The Labute approximate surface area is 125 Å². The molecule has 1 heterocycles. The summed E-state index contributed by atoms with van der Waals surface area (Å²) in [6.45, 7) is 1.60. The molecule has 0 spiro atoms. The van der Waals surface area contributed by atoms with Crippen LogP contribution in [0.1, 0.15) is 5.69 Å². The van der Waals surface area contributed by atoms with Crippen LogP contribution in [0, 0.1) is 6.92 Å². The fraction of sp³-hybridized carbons (Fsp3) is 0.154. The van der Waals surface area contributed by atoms with E-state index in [2.05, 4.69) is 15.3 Å². The molecule has 0 radical (unpaired) electrons. The van der Waals surface area contributed by atoms with E-state index in [1.54, 1.807) is 37.3 Å². The summed E-state index contributed by atoms with van der Waals surface area (Å²) in [5.41, 5.74) is 0.666. The van der Waals surface area contributed by atoms with Crippen molar-refractivity contribution in [2.75, 3.05) is 11.9 Å². The number of carbonyl (C=O) groups excluding carboxylic acids is 1. The lowest BCUT2D eigenvalue weighted by Gasteiger charge is -2.07. The SMILES string of the molecule is Cc1cc(Cl)nc(NC(=O)COc2ccc(Cl)cc2)n1. The van der Waals surface area contributed by atoms with E-state index < -0.39 is 0 Å². The maximum absolute atomic E-state index is 11.7. The quantitative estimate of drug-likeness (QED) is 0.881. The number of nitrogens with zero attached hydrogens (tertiary/aromatic N) is 2. The molecular formula is C13H11Cl2N3O2. The van der Waals surface area contributed by atoms with Crippen LogP contribution in [-0.4, -0.2) is 22.5 Å². The van der Waals surface area contributed by atoms with Gasteiger partial charge in [-0.15, -0.1) is 0 Å². The first-order valence-corrected chi connectivity index (χ1v) is 6.48. The van der Waals surface area contributed by atoms with Gasteiger partial charge in [-0.3, -0.25) is 10.1 Å². The van der Waals surface area contributed by atoms with Crippen molar-refractivity contribution in [3.63, 3.8) is 0 Å². The van der Waals surface area contributed by atoms with E-state index >= 15 is 0 Å². The van der Waals surface area contributed by atoms with Crippen molar-refractivity contribution in [2.45, 2.75) is 6.92 Å². The lowest BCUT2D eigenvalue weighted by atomic mass is 10.3. The minimum absolute atomic E-state index is 0.153. The number of halogens is 2. The van der Waals surface area contributed by atoms with Crippen molar-refractivity contribution in [3.8, 4) is 5.75 Å². The Morgan fingerprint density at radius 1 is 1.25 bits per heavy atom. The first kappa shape index (κ1) is 14.6. The van der Waals surface area contributed by atoms with Gasteiger partial charge in [0.25, 0.3) is 5.91 Å². The lowest BCUT2D eigenvalue weighted by molar-refractivity contribution is -0.118. The zero-order valence-corrected chi connectivity index (χ0v) is 12.1. The van der Waals surface area contributed by atoms with Gasteiger partial charge in [0.2, 0.25) is 5.95 Å². The number of hydrogen-bond acceptors (Lipinski definition) is 4. The maximum atomic E-state index is 11.7. The molecule has 20 heavy (non-hydrogen) atoms. The normalized spacial score (nSPS) is 10.2. The van der Waals surface area contributed by atoms with E-state index in [-0.39, 0.29) is 23.6 Å². The molecule has 0 bridgehead atoms. The van der Waals surface area contributed by atoms with Crippen molar-refractivity contribution >= 4 is 35.1 Å². The highest BCUT2D eigenvalue weighted by Gasteiger charge is 2.07. The Kier molecular flexibility index (Phi) is 4.76. The zero-order valence-electron chi connectivity index (χ0n) is 10.6. The van der Waals surface area contributed by atoms with E-state index in [9.17, 15) is 4.79 Å². The fourth-order valence-electron chi connectivity index (χ4n) is 1.43. The summed E-state index contributed by atoms with van der Waals surface area (Å²) in [6.07, 6.45) is 0. The van der Waals surface area contributed by atoms with Crippen molar-refractivity contribution < 1.29 is 9.53 Å². The Bertz CT molecular complexity index is 597. The van der Waals surface area contributed by atoms with Crippen molar-refractivity contribution in [3.05, 3.63) is 46.2 Å². The molecule has 2 rings (SSSR count). The van der Waals surface area contributed by atoms with Crippen LogP contribution in [0.2, 0.25) is 10.2 Å². The standard InChI is InChI=1S/C13H11Cl2N3O2/c1-8-6-11(15)17-13(16-8)18-12(19)7-20-10-4-2-9(14)3-5-10/h2-6H,7H2,1H3,(H,16,17,18,19). The summed E-state index contributed by atoms with van der Waals surface area (Å²) in [6, 6.07) is 8.31. The van der Waals surface area contributed by atoms with Gasteiger partial charge in [0.1, 0.15) is 10.9 Å². The molecule has 5 nitrogen and oxygen atoms in total. The van der Waals surface area contributed by atoms with E-state index in [1.165, 1.54) is 0 Å². The highest BCUT2D eigenvalue weighted by molar-refractivity contribution is 6.30. The number of ether oxygens (including phenoxy) is 1. The van der Waals surface area contributed by atoms with Crippen LogP contribution in [0.3, 0.4) is 0 Å². The van der Waals surface area contributed by atoms with Crippen molar-refractivity contribution in [1.29, 1.82) is 0 Å². The summed E-state index contributed by atoms with van der Waals surface area (Å²) in [7, 11) is 0. The summed E-state index contributed by atoms with van der Waals surface area (Å²) in [5, 5.41) is 3.38. The molecule has 0 fully saturated rings. The van der Waals surface area contributed by atoms with E-state index in [0.717, 1.165) is 0 Å². The second-order valence-corrected chi connectivity index (χ2v) is 4.77. The molecule has 0 aliphatic rings. The number of benzene rings is 1. The van der Waals surface area contributed by atoms with Gasteiger partial charge in [0.15, 0.2) is 6.61 Å². The molecule has 0 saturated heterocycles. The number of anilines is 1. The van der Waals surface area contributed by atoms with Gasteiger partial charge in [-0.2, -0.15) is 0 Å².